The molecule has 1 aliphatic heterocycles. The molecule has 2 aliphatic rings. The number of benzene rings is 1. The van der Waals surface area contributed by atoms with Gasteiger partial charge in [-0.25, -0.2) is 9.78 Å². The zero-order valence-electron chi connectivity index (χ0n) is 17.1. The molecule has 166 valence electrons. The van der Waals surface area contributed by atoms with Gasteiger partial charge in [0, 0.05) is 24.4 Å². The van der Waals surface area contributed by atoms with E-state index in [1.54, 1.807) is 36.5 Å². The number of hydrogen-bond donors (Lipinski definition) is 1. The number of carboxylic acid groups (broad SMARTS) is 1. The van der Waals surface area contributed by atoms with Gasteiger partial charge in [-0.3, -0.25) is 0 Å². The lowest BCUT2D eigenvalue weighted by molar-refractivity contribution is -0.192. The maximum Gasteiger partial charge on any atom is 0.395 e. The summed E-state index contributed by atoms with van der Waals surface area (Å²) in [6, 6.07) is 10.2. The summed E-state index contributed by atoms with van der Waals surface area (Å²) in [7, 11) is 0. The first kappa shape index (κ1) is 21.6. The second-order valence-electron chi connectivity index (χ2n) is 8.58. The summed E-state index contributed by atoms with van der Waals surface area (Å²) >= 11 is 0. The van der Waals surface area contributed by atoms with Crippen LogP contribution in [0.15, 0.2) is 42.6 Å². The number of nitrogens with zero attached hydrogens (tertiary/aromatic N) is 2. The van der Waals surface area contributed by atoms with Crippen LogP contribution < -0.4 is 4.74 Å². The Morgan fingerprint density at radius 2 is 1.74 bits per heavy atom. The topological polar surface area (TPSA) is 62.7 Å². The molecule has 1 saturated carbocycles. The van der Waals surface area contributed by atoms with Crippen LogP contribution in [0.25, 0.3) is 11.1 Å². The Morgan fingerprint density at radius 1 is 1.10 bits per heavy atom. The van der Waals surface area contributed by atoms with E-state index in [4.69, 9.17) is 9.84 Å². The molecule has 8 heteroatoms. The van der Waals surface area contributed by atoms with Crippen LogP contribution in [0, 0.1) is 11.3 Å². The number of hydrogen-bond acceptors (Lipinski definition) is 4. The molecule has 1 aromatic heterocycles. The van der Waals surface area contributed by atoms with Gasteiger partial charge in [-0.05, 0) is 68.5 Å². The van der Waals surface area contributed by atoms with Gasteiger partial charge in [0.25, 0.3) is 0 Å². The first-order valence-corrected chi connectivity index (χ1v) is 10.5. The quantitative estimate of drug-likeness (QED) is 0.673. The maximum atomic E-state index is 13.1. The fraction of sp³-hybridized carbons (Fsp3) is 0.478. The van der Waals surface area contributed by atoms with Gasteiger partial charge in [0.05, 0.1) is 17.6 Å². The molecule has 31 heavy (non-hydrogen) atoms. The smallest absolute Gasteiger partial charge is 0.395 e. The number of halogens is 3. The van der Waals surface area contributed by atoms with E-state index >= 15 is 0 Å². The second kappa shape index (κ2) is 8.49. The van der Waals surface area contributed by atoms with Crippen LogP contribution in [0.5, 0.6) is 5.88 Å². The second-order valence-corrected chi connectivity index (χ2v) is 8.58. The molecule has 0 radical (unpaired) electrons. The summed E-state index contributed by atoms with van der Waals surface area (Å²) in [6.07, 6.45) is -0.261. The number of piperidine rings is 1. The molecule has 0 spiro atoms. The normalized spacial score (nSPS) is 19.2. The predicted octanol–water partition coefficient (Wildman–Crippen LogP) is 4.88. The van der Waals surface area contributed by atoms with Gasteiger partial charge in [-0.15, -0.1) is 0 Å². The number of carbonyl (C=O) groups is 1. The molecule has 1 aromatic carbocycles. The molecule has 2 aromatic rings. The molecule has 0 atom stereocenters. The van der Waals surface area contributed by atoms with E-state index in [2.05, 4.69) is 4.98 Å². The van der Waals surface area contributed by atoms with Gasteiger partial charge >= 0.3 is 12.1 Å². The van der Waals surface area contributed by atoms with Gasteiger partial charge in [-0.1, -0.05) is 12.1 Å². The summed E-state index contributed by atoms with van der Waals surface area (Å²) in [5.41, 5.74) is 0.490. The molecule has 2 fully saturated rings. The van der Waals surface area contributed by atoms with Crippen molar-refractivity contribution >= 4 is 5.97 Å². The van der Waals surface area contributed by atoms with Crippen LogP contribution in [0.1, 0.15) is 36.0 Å². The average molecular weight is 434 g/mol. The van der Waals surface area contributed by atoms with Gasteiger partial charge in [0.15, 0.2) is 0 Å². The Labute approximate surface area is 178 Å². The molecule has 1 N–H and O–H groups in total. The van der Waals surface area contributed by atoms with Gasteiger partial charge in [0.2, 0.25) is 5.88 Å². The number of rotatable bonds is 7. The summed E-state index contributed by atoms with van der Waals surface area (Å²) in [6.45, 7) is 1.97. The predicted molar refractivity (Wildman–Crippen MR) is 109 cm³/mol. The van der Waals surface area contributed by atoms with E-state index in [1.807, 2.05) is 11.0 Å². The molecule has 0 amide bonds. The van der Waals surface area contributed by atoms with E-state index in [0.717, 1.165) is 24.0 Å². The monoisotopic (exact) mass is 434 g/mol. The molecule has 4 rings (SSSR count). The fourth-order valence-corrected chi connectivity index (χ4v) is 4.07. The van der Waals surface area contributed by atoms with Crippen molar-refractivity contribution in [2.24, 2.45) is 11.3 Å². The van der Waals surface area contributed by atoms with Gasteiger partial charge in [-0.2, -0.15) is 13.2 Å². The Bertz CT molecular complexity index is 901. The van der Waals surface area contributed by atoms with E-state index in [9.17, 15) is 18.0 Å². The highest BCUT2D eigenvalue weighted by Crippen LogP contribution is 2.58. The molecular weight excluding hydrogens is 409 g/mol. The van der Waals surface area contributed by atoms with Crippen molar-refractivity contribution < 1.29 is 27.8 Å². The number of aromatic carboxylic acids is 1. The number of aromatic nitrogens is 1. The molecule has 5 nitrogen and oxygen atoms in total. The van der Waals surface area contributed by atoms with E-state index in [0.29, 0.717) is 31.5 Å². The number of alkyl halides is 3. The summed E-state index contributed by atoms with van der Waals surface area (Å²) in [5, 5.41) is 8.97. The van der Waals surface area contributed by atoms with Gasteiger partial charge in [0.1, 0.15) is 0 Å². The molecule has 1 aliphatic carbocycles. The zero-order chi connectivity index (χ0) is 22.1. The van der Waals surface area contributed by atoms with Crippen molar-refractivity contribution in [2.75, 3.05) is 26.2 Å². The Kier molecular flexibility index (Phi) is 5.92. The zero-order valence-corrected chi connectivity index (χ0v) is 17.1. The first-order chi connectivity index (χ1) is 14.8. The number of pyridine rings is 1. The van der Waals surface area contributed by atoms with Crippen molar-refractivity contribution in [1.82, 2.24) is 9.88 Å². The molecule has 2 heterocycles. The molecular formula is C23H25F3N2O3. The Hall–Kier alpha value is -2.61. The van der Waals surface area contributed by atoms with E-state index in [-0.39, 0.29) is 24.9 Å². The standard InChI is InChI=1S/C23H25F3N2O3/c24-23(25,26)22(9-10-22)15-28-11-7-16(8-12-28)14-31-20-6-5-19(13-27-20)17-1-3-18(4-2-17)21(29)30/h1-6,13,16H,7-12,14-15H2,(H,29,30). The minimum Gasteiger partial charge on any atom is -0.478 e. The molecule has 0 bridgehead atoms. The Morgan fingerprint density at radius 3 is 2.26 bits per heavy atom. The lowest BCUT2D eigenvalue weighted by atomic mass is 9.96. The van der Waals surface area contributed by atoms with E-state index < -0.39 is 17.6 Å². The highest BCUT2D eigenvalue weighted by molar-refractivity contribution is 5.88. The van der Waals surface area contributed by atoms with Crippen molar-refractivity contribution in [3.05, 3.63) is 48.2 Å². The van der Waals surface area contributed by atoms with Crippen molar-refractivity contribution in [3.8, 4) is 17.0 Å². The highest BCUT2D eigenvalue weighted by Gasteiger charge is 2.63. The SMILES string of the molecule is O=C(O)c1ccc(-c2ccc(OCC3CCN(CC4(C(F)(F)F)CC4)CC3)nc2)cc1. The van der Waals surface area contributed by atoms with Crippen molar-refractivity contribution in [2.45, 2.75) is 31.9 Å². The average Bonchev–Trinajstić information content (AvgIpc) is 3.55. The maximum absolute atomic E-state index is 13.1. The van der Waals surface area contributed by atoms with Crippen LogP contribution >= 0.6 is 0 Å². The third-order valence-electron chi connectivity index (χ3n) is 6.36. The third-order valence-corrected chi connectivity index (χ3v) is 6.36. The third kappa shape index (κ3) is 5.01. The van der Waals surface area contributed by atoms with Crippen LogP contribution in [-0.2, 0) is 0 Å². The first-order valence-electron chi connectivity index (χ1n) is 10.5. The largest absolute Gasteiger partial charge is 0.478 e. The van der Waals surface area contributed by atoms with Crippen LogP contribution in [0.4, 0.5) is 13.2 Å². The lowest BCUT2D eigenvalue weighted by Gasteiger charge is -2.34. The minimum absolute atomic E-state index is 0.126. The highest BCUT2D eigenvalue weighted by atomic mass is 19.4. The lowest BCUT2D eigenvalue weighted by Crippen LogP contribution is -2.43. The van der Waals surface area contributed by atoms with Crippen LogP contribution in [0.2, 0.25) is 0 Å². The molecule has 0 unspecified atom stereocenters. The van der Waals surface area contributed by atoms with Crippen molar-refractivity contribution in [3.63, 3.8) is 0 Å². The minimum atomic E-state index is -4.09. The van der Waals surface area contributed by atoms with Crippen LogP contribution in [-0.4, -0.2) is 53.4 Å². The Balaban J connectivity index is 1.23. The summed E-state index contributed by atoms with van der Waals surface area (Å²) in [5.74, 6) is -0.156. The summed E-state index contributed by atoms with van der Waals surface area (Å²) < 4.78 is 45.2. The van der Waals surface area contributed by atoms with Gasteiger partial charge < -0.3 is 14.7 Å². The number of carboxylic acids is 1. The van der Waals surface area contributed by atoms with E-state index in [1.165, 1.54) is 0 Å². The number of likely N-dealkylation sites (tertiary alicyclic amines) is 1. The van der Waals surface area contributed by atoms with Crippen molar-refractivity contribution in [1.29, 1.82) is 0 Å². The van der Waals surface area contributed by atoms with Crippen LogP contribution in [0.3, 0.4) is 0 Å². The number of ether oxygens (including phenoxy) is 1. The fourth-order valence-electron chi connectivity index (χ4n) is 4.07. The summed E-state index contributed by atoms with van der Waals surface area (Å²) in [4.78, 5) is 17.2. The molecule has 1 saturated heterocycles.